The van der Waals surface area contributed by atoms with E-state index in [0.717, 1.165) is 4.57 Å². The van der Waals surface area contributed by atoms with E-state index in [-0.39, 0.29) is 31.5 Å². The minimum atomic E-state index is -0.530. The lowest BCUT2D eigenvalue weighted by Crippen LogP contribution is -2.41. The van der Waals surface area contributed by atoms with Gasteiger partial charge in [-0.05, 0) is 24.3 Å². The smallest absolute Gasteiger partial charge is 0.328 e. The van der Waals surface area contributed by atoms with Crippen LogP contribution < -0.4 is 26.0 Å². The minimum absolute atomic E-state index is 0.00427. The van der Waals surface area contributed by atoms with Crippen molar-refractivity contribution in [1.82, 2.24) is 14.9 Å². The Morgan fingerprint density at radius 2 is 1.86 bits per heavy atom. The van der Waals surface area contributed by atoms with Crippen molar-refractivity contribution in [2.75, 3.05) is 13.2 Å². The Balaban J connectivity index is 1.35. The van der Waals surface area contributed by atoms with Crippen molar-refractivity contribution < 1.29 is 14.3 Å². The molecule has 4 rings (SSSR count). The van der Waals surface area contributed by atoms with E-state index in [1.165, 1.54) is 0 Å². The number of amides is 1. The van der Waals surface area contributed by atoms with Gasteiger partial charge in [-0.1, -0.05) is 24.3 Å². The van der Waals surface area contributed by atoms with Gasteiger partial charge < -0.3 is 19.8 Å². The third-order valence-corrected chi connectivity index (χ3v) is 4.55. The van der Waals surface area contributed by atoms with Crippen molar-refractivity contribution >= 4 is 16.8 Å². The Labute approximate surface area is 159 Å². The summed E-state index contributed by atoms with van der Waals surface area (Å²) in [6.07, 6.45) is -0.295. The standard InChI is InChI=1S/C20H19N3O5/c24-18(21-11-13-12-27-16-7-3-4-8-17(16)28-13)9-10-23-19(25)14-5-1-2-6-15(14)22-20(23)26/h1-8,13H,9-12H2,(H,21,24)(H,22,26)/t13-/m0/s1. The van der Waals surface area contributed by atoms with E-state index in [2.05, 4.69) is 10.3 Å². The number of carbonyl (C=O) groups is 1. The topological polar surface area (TPSA) is 102 Å². The Morgan fingerprint density at radius 1 is 1.11 bits per heavy atom. The van der Waals surface area contributed by atoms with Gasteiger partial charge in [0.25, 0.3) is 5.56 Å². The highest BCUT2D eigenvalue weighted by atomic mass is 16.6. The number of aromatic nitrogens is 2. The number of carbonyl (C=O) groups excluding carboxylic acids is 1. The maximum absolute atomic E-state index is 12.5. The largest absolute Gasteiger partial charge is 0.486 e. The number of H-pyrrole nitrogens is 1. The zero-order chi connectivity index (χ0) is 19.5. The zero-order valence-corrected chi connectivity index (χ0v) is 15.0. The van der Waals surface area contributed by atoms with Gasteiger partial charge in [0.2, 0.25) is 5.91 Å². The highest BCUT2D eigenvalue weighted by Gasteiger charge is 2.21. The minimum Gasteiger partial charge on any atom is -0.486 e. The molecule has 0 saturated heterocycles. The van der Waals surface area contributed by atoms with Crippen LogP contribution >= 0.6 is 0 Å². The summed E-state index contributed by atoms with van der Waals surface area (Å²) in [5.41, 5.74) is -0.460. The third-order valence-electron chi connectivity index (χ3n) is 4.55. The zero-order valence-electron chi connectivity index (χ0n) is 15.0. The number of ether oxygens (including phenoxy) is 2. The van der Waals surface area contributed by atoms with Crippen LogP contribution in [0.3, 0.4) is 0 Å². The molecule has 0 bridgehead atoms. The maximum atomic E-state index is 12.5. The molecule has 1 atom stereocenters. The van der Waals surface area contributed by atoms with Gasteiger partial charge in [-0.3, -0.25) is 14.2 Å². The molecule has 0 saturated carbocycles. The van der Waals surface area contributed by atoms with Crippen LogP contribution in [0.1, 0.15) is 6.42 Å². The summed E-state index contributed by atoms with van der Waals surface area (Å²) < 4.78 is 12.4. The molecule has 1 aliphatic rings. The lowest BCUT2D eigenvalue weighted by molar-refractivity contribution is -0.121. The van der Waals surface area contributed by atoms with Crippen molar-refractivity contribution in [2.24, 2.45) is 0 Å². The Bertz CT molecular complexity index is 1130. The summed E-state index contributed by atoms with van der Waals surface area (Å²) in [7, 11) is 0. The first-order valence-electron chi connectivity index (χ1n) is 8.99. The number of nitrogens with zero attached hydrogens (tertiary/aromatic N) is 1. The number of rotatable bonds is 5. The first kappa shape index (κ1) is 17.8. The van der Waals surface area contributed by atoms with Gasteiger partial charge in [0.05, 0.1) is 17.4 Å². The molecule has 2 aromatic carbocycles. The first-order valence-corrected chi connectivity index (χ1v) is 8.99. The van der Waals surface area contributed by atoms with Gasteiger partial charge >= 0.3 is 5.69 Å². The predicted octanol–water partition coefficient (Wildman–Crippen LogP) is 1.04. The van der Waals surface area contributed by atoms with Crippen LogP contribution in [0, 0.1) is 0 Å². The van der Waals surface area contributed by atoms with E-state index in [9.17, 15) is 14.4 Å². The van der Waals surface area contributed by atoms with E-state index < -0.39 is 11.2 Å². The van der Waals surface area contributed by atoms with E-state index >= 15 is 0 Å². The normalized spacial score (nSPS) is 15.4. The van der Waals surface area contributed by atoms with Crippen LogP contribution in [-0.4, -0.2) is 34.7 Å². The second kappa shape index (κ2) is 7.59. The van der Waals surface area contributed by atoms with Crippen molar-refractivity contribution in [3.63, 3.8) is 0 Å². The molecule has 0 radical (unpaired) electrons. The fourth-order valence-electron chi connectivity index (χ4n) is 3.10. The van der Waals surface area contributed by atoms with Crippen LogP contribution in [0.4, 0.5) is 0 Å². The van der Waals surface area contributed by atoms with Crippen molar-refractivity contribution in [1.29, 1.82) is 0 Å². The monoisotopic (exact) mass is 381 g/mol. The molecule has 144 valence electrons. The van der Waals surface area contributed by atoms with Crippen LogP contribution in [0.25, 0.3) is 10.9 Å². The molecule has 0 spiro atoms. The van der Waals surface area contributed by atoms with E-state index in [1.54, 1.807) is 24.3 Å². The highest BCUT2D eigenvalue weighted by molar-refractivity contribution is 5.77. The van der Waals surface area contributed by atoms with Crippen molar-refractivity contribution in [3.8, 4) is 11.5 Å². The van der Waals surface area contributed by atoms with Crippen molar-refractivity contribution in [2.45, 2.75) is 19.1 Å². The molecule has 1 aromatic heterocycles. The molecule has 0 aliphatic carbocycles. The average Bonchev–Trinajstić information content (AvgIpc) is 2.72. The van der Waals surface area contributed by atoms with Gasteiger partial charge in [-0.25, -0.2) is 4.79 Å². The number of benzene rings is 2. The summed E-state index contributed by atoms with van der Waals surface area (Å²) in [6.45, 7) is 0.604. The molecular weight excluding hydrogens is 362 g/mol. The Kier molecular flexibility index (Phi) is 4.84. The number of aromatic amines is 1. The second-order valence-electron chi connectivity index (χ2n) is 6.48. The van der Waals surface area contributed by atoms with Gasteiger partial charge in [0, 0.05) is 13.0 Å². The van der Waals surface area contributed by atoms with E-state index in [1.807, 2.05) is 24.3 Å². The molecule has 2 heterocycles. The highest BCUT2D eigenvalue weighted by Crippen LogP contribution is 2.30. The molecule has 2 N–H and O–H groups in total. The SMILES string of the molecule is O=C(CCn1c(=O)[nH]c2ccccc2c1=O)NC[C@H]1COc2ccccc2O1. The van der Waals surface area contributed by atoms with E-state index in [0.29, 0.717) is 29.0 Å². The van der Waals surface area contributed by atoms with Crippen LogP contribution in [0.2, 0.25) is 0 Å². The number of fused-ring (bicyclic) bond motifs is 2. The summed E-state index contributed by atoms with van der Waals surface area (Å²) >= 11 is 0. The quantitative estimate of drug-likeness (QED) is 0.687. The summed E-state index contributed by atoms with van der Waals surface area (Å²) in [5.74, 6) is 1.05. The summed E-state index contributed by atoms with van der Waals surface area (Å²) in [5, 5.41) is 3.17. The van der Waals surface area contributed by atoms with Crippen LogP contribution in [0.5, 0.6) is 11.5 Å². The Hall–Kier alpha value is -3.55. The van der Waals surface area contributed by atoms with Gasteiger partial charge in [-0.15, -0.1) is 0 Å². The maximum Gasteiger partial charge on any atom is 0.328 e. The number of nitrogens with one attached hydrogen (secondary N) is 2. The predicted molar refractivity (Wildman–Crippen MR) is 103 cm³/mol. The molecule has 1 amide bonds. The molecule has 3 aromatic rings. The Morgan fingerprint density at radius 3 is 2.71 bits per heavy atom. The number of para-hydroxylation sites is 3. The van der Waals surface area contributed by atoms with E-state index in [4.69, 9.17) is 9.47 Å². The molecule has 28 heavy (non-hydrogen) atoms. The van der Waals surface area contributed by atoms with Crippen LogP contribution in [0.15, 0.2) is 58.1 Å². The second-order valence-corrected chi connectivity index (χ2v) is 6.48. The molecule has 0 fully saturated rings. The van der Waals surface area contributed by atoms with Gasteiger partial charge in [0.15, 0.2) is 11.5 Å². The fourth-order valence-corrected chi connectivity index (χ4v) is 3.10. The summed E-state index contributed by atoms with van der Waals surface area (Å²) in [4.78, 5) is 39.4. The van der Waals surface area contributed by atoms with Gasteiger partial charge in [0.1, 0.15) is 12.7 Å². The number of hydrogen-bond acceptors (Lipinski definition) is 5. The number of hydrogen-bond donors (Lipinski definition) is 2. The van der Waals surface area contributed by atoms with Gasteiger partial charge in [-0.2, -0.15) is 0 Å². The molecular formula is C20H19N3O5. The van der Waals surface area contributed by atoms with Crippen LogP contribution in [-0.2, 0) is 11.3 Å². The molecule has 0 unspecified atom stereocenters. The average molecular weight is 381 g/mol. The lowest BCUT2D eigenvalue weighted by atomic mass is 10.2. The first-order chi connectivity index (χ1) is 13.6. The lowest BCUT2D eigenvalue weighted by Gasteiger charge is -2.26. The molecule has 8 nitrogen and oxygen atoms in total. The molecule has 8 heteroatoms. The summed E-state index contributed by atoms with van der Waals surface area (Å²) in [6, 6.07) is 14.1. The molecule has 1 aliphatic heterocycles. The van der Waals surface area contributed by atoms with Crippen molar-refractivity contribution in [3.05, 3.63) is 69.4 Å². The fraction of sp³-hybridized carbons (Fsp3) is 0.250. The third kappa shape index (κ3) is 3.62.